The van der Waals surface area contributed by atoms with Crippen LogP contribution in [0.5, 0.6) is 11.5 Å². The third-order valence-electron chi connectivity index (χ3n) is 4.55. The molecular weight excluding hydrogens is 332 g/mol. The van der Waals surface area contributed by atoms with E-state index in [-0.39, 0.29) is 17.6 Å². The Bertz CT molecular complexity index is 826. The van der Waals surface area contributed by atoms with E-state index in [0.29, 0.717) is 43.1 Å². The van der Waals surface area contributed by atoms with Crippen molar-refractivity contribution in [1.29, 1.82) is 0 Å². The van der Waals surface area contributed by atoms with Crippen LogP contribution in [-0.2, 0) is 0 Å². The molecule has 0 atom stereocenters. The number of methoxy groups -OCH3 is 1. The number of carbonyl (C=O) groups is 2. The molecular formula is C20H22N2O4. The number of piperazine rings is 1. The molecule has 0 unspecified atom stereocenters. The maximum atomic E-state index is 12.6. The Kier molecular flexibility index (Phi) is 5.11. The summed E-state index contributed by atoms with van der Waals surface area (Å²) in [6.07, 6.45) is 0. The minimum absolute atomic E-state index is 0.00936. The van der Waals surface area contributed by atoms with Gasteiger partial charge in [-0.2, -0.15) is 0 Å². The third kappa shape index (κ3) is 3.64. The molecule has 0 saturated carbocycles. The first-order valence-electron chi connectivity index (χ1n) is 8.52. The summed E-state index contributed by atoms with van der Waals surface area (Å²) in [5, 5.41) is 10.0. The maximum absolute atomic E-state index is 12.6. The Morgan fingerprint density at radius 3 is 2.23 bits per heavy atom. The highest BCUT2D eigenvalue weighted by Crippen LogP contribution is 2.21. The van der Waals surface area contributed by atoms with Gasteiger partial charge < -0.3 is 19.6 Å². The van der Waals surface area contributed by atoms with E-state index in [1.54, 1.807) is 59.4 Å². The second-order valence-electron chi connectivity index (χ2n) is 6.34. The van der Waals surface area contributed by atoms with Gasteiger partial charge in [0.05, 0.1) is 12.7 Å². The van der Waals surface area contributed by atoms with E-state index in [9.17, 15) is 14.7 Å². The summed E-state index contributed by atoms with van der Waals surface area (Å²) in [5.41, 5.74) is 1.76. The fraction of sp³-hybridized carbons (Fsp3) is 0.300. The fourth-order valence-corrected chi connectivity index (χ4v) is 3.04. The molecule has 2 aromatic rings. The van der Waals surface area contributed by atoms with E-state index in [0.717, 1.165) is 5.56 Å². The third-order valence-corrected chi connectivity index (χ3v) is 4.55. The lowest BCUT2D eigenvalue weighted by molar-refractivity contribution is 0.0533. The van der Waals surface area contributed by atoms with Crippen molar-refractivity contribution in [2.75, 3.05) is 33.3 Å². The van der Waals surface area contributed by atoms with Gasteiger partial charge in [-0.3, -0.25) is 9.59 Å². The van der Waals surface area contributed by atoms with Crippen LogP contribution in [0.4, 0.5) is 0 Å². The van der Waals surface area contributed by atoms with Gasteiger partial charge in [0.1, 0.15) is 11.5 Å². The van der Waals surface area contributed by atoms with Gasteiger partial charge in [0.15, 0.2) is 0 Å². The Morgan fingerprint density at radius 2 is 1.62 bits per heavy atom. The zero-order chi connectivity index (χ0) is 18.7. The molecule has 0 bridgehead atoms. The first-order valence-corrected chi connectivity index (χ1v) is 8.52. The summed E-state index contributed by atoms with van der Waals surface area (Å²) in [5.74, 6) is 0.342. The Labute approximate surface area is 152 Å². The van der Waals surface area contributed by atoms with Crippen molar-refractivity contribution in [2.24, 2.45) is 0 Å². The van der Waals surface area contributed by atoms with E-state index in [1.807, 2.05) is 6.92 Å². The van der Waals surface area contributed by atoms with E-state index in [1.165, 1.54) is 0 Å². The second kappa shape index (κ2) is 7.47. The number of amides is 2. The number of hydrogen-bond acceptors (Lipinski definition) is 4. The van der Waals surface area contributed by atoms with Crippen molar-refractivity contribution in [3.8, 4) is 11.5 Å². The SMILES string of the molecule is COc1cccc(C(=O)N2CCN(C(=O)c3ccc(C)cc3O)CC2)c1. The van der Waals surface area contributed by atoms with Crippen LogP contribution in [0, 0.1) is 6.92 Å². The largest absolute Gasteiger partial charge is 0.507 e. The molecule has 1 aliphatic rings. The molecule has 1 aliphatic heterocycles. The molecule has 1 heterocycles. The molecule has 136 valence electrons. The van der Waals surface area contributed by atoms with Gasteiger partial charge in [0, 0.05) is 31.7 Å². The van der Waals surface area contributed by atoms with Crippen molar-refractivity contribution in [1.82, 2.24) is 9.80 Å². The van der Waals surface area contributed by atoms with Crippen molar-refractivity contribution in [2.45, 2.75) is 6.92 Å². The molecule has 6 heteroatoms. The fourth-order valence-electron chi connectivity index (χ4n) is 3.04. The first-order chi connectivity index (χ1) is 12.5. The minimum Gasteiger partial charge on any atom is -0.507 e. The van der Waals surface area contributed by atoms with Gasteiger partial charge in [-0.25, -0.2) is 0 Å². The van der Waals surface area contributed by atoms with E-state index in [4.69, 9.17) is 4.74 Å². The maximum Gasteiger partial charge on any atom is 0.257 e. The lowest BCUT2D eigenvalue weighted by Gasteiger charge is -2.35. The molecule has 0 spiro atoms. The highest BCUT2D eigenvalue weighted by molar-refractivity contribution is 5.97. The molecule has 0 radical (unpaired) electrons. The zero-order valence-electron chi connectivity index (χ0n) is 14.9. The quantitative estimate of drug-likeness (QED) is 0.918. The highest BCUT2D eigenvalue weighted by Gasteiger charge is 2.26. The van der Waals surface area contributed by atoms with Crippen LogP contribution in [0.15, 0.2) is 42.5 Å². The predicted octanol–water partition coefficient (Wildman–Crippen LogP) is 2.31. The molecule has 2 amide bonds. The van der Waals surface area contributed by atoms with Crippen LogP contribution in [0.25, 0.3) is 0 Å². The van der Waals surface area contributed by atoms with Crippen LogP contribution in [-0.4, -0.2) is 60.0 Å². The lowest BCUT2D eigenvalue weighted by Crippen LogP contribution is -2.50. The van der Waals surface area contributed by atoms with Crippen molar-refractivity contribution < 1.29 is 19.4 Å². The van der Waals surface area contributed by atoms with Crippen molar-refractivity contribution in [3.05, 3.63) is 59.2 Å². The van der Waals surface area contributed by atoms with Gasteiger partial charge >= 0.3 is 0 Å². The molecule has 6 nitrogen and oxygen atoms in total. The number of aromatic hydroxyl groups is 1. The summed E-state index contributed by atoms with van der Waals surface area (Å²) in [4.78, 5) is 28.6. The lowest BCUT2D eigenvalue weighted by atomic mass is 10.1. The summed E-state index contributed by atoms with van der Waals surface area (Å²) in [6.45, 7) is 3.63. The molecule has 0 aliphatic carbocycles. The Hall–Kier alpha value is -3.02. The van der Waals surface area contributed by atoms with Crippen molar-refractivity contribution in [3.63, 3.8) is 0 Å². The van der Waals surface area contributed by atoms with Crippen LogP contribution in [0.2, 0.25) is 0 Å². The highest BCUT2D eigenvalue weighted by atomic mass is 16.5. The smallest absolute Gasteiger partial charge is 0.257 e. The molecule has 1 fully saturated rings. The first kappa shape index (κ1) is 17.8. The van der Waals surface area contributed by atoms with Crippen LogP contribution >= 0.6 is 0 Å². The average molecular weight is 354 g/mol. The predicted molar refractivity (Wildman–Crippen MR) is 97.6 cm³/mol. The summed E-state index contributed by atoms with van der Waals surface area (Å²) >= 11 is 0. The number of hydrogen-bond donors (Lipinski definition) is 1. The zero-order valence-corrected chi connectivity index (χ0v) is 14.9. The number of rotatable bonds is 3. The van der Waals surface area contributed by atoms with Gasteiger partial charge in [-0.05, 0) is 42.8 Å². The molecule has 0 aromatic heterocycles. The van der Waals surface area contributed by atoms with E-state index in [2.05, 4.69) is 0 Å². The van der Waals surface area contributed by atoms with Gasteiger partial charge in [0.2, 0.25) is 0 Å². The molecule has 2 aromatic carbocycles. The summed E-state index contributed by atoms with van der Waals surface area (Å²) < 4.78 is 5.16. The number of aryl methyl sites for hydroxylation is 1. The van der Waals surface area contributed by atoms with Gasteiger partial charge in [0.25, 0.3) is 11.8 Å². The van der Waals surface area contributed by atoms with Crippen LogP contribution in [0.3, 0.4) is 0 Å². The summed E-state index contributed by atoms with van der Waals surface area (Å²) in [7, 11) is 1.56. The number of benzene rings is 2. The number of nitrogens with zero attached hydrogens (tertiary/aromatic N) is 2. The topological polar surface area (TPSA) is 70.1 Å². The normalized spacial score (nSPS) is 14.2. The number of phenolic OH excluding ortho intramolecular Hbond substituents is 1. The monoisotopic (exact) mass is 354 g/mol. The minimum atomic E-state index is -0.212. The van der Waals surface area contributed by atoms with Crippen LogP contribution < -0.4 is 4.74 Å². The van der Waals surface area contributed by atoms with Crippen molar-refractivity contribution >= 4 is 11.8 Å². The second-order valence-corrected chi connectivity index (χ2v) is 6.34. The number of phenols is 1. The molecule has 1 N–H and O–H groups in total. The van der Waals surface area contributed by atoms with E-state index >= 15 is 0 Å². The standard InChI is InChI=1S/C20H22N2O4/c1-14-6-7-17(18(23)12-14)20(25)22-10-8-21(9-11-22)19(24)15-4-3-5-16(13-15)26-2/h3-7,12-13,23H,8-11H2,1-2H3. The Balaban J connectivity index is 1.65. The number of carbonyl (C=O) groups excluding carboxylic acids is 2. The van der Waals surface area contributed by atoms with Gasteiger partial charge in [-0.1, -0.05) is 12.1 Å². The van der Waals surface area contributed by atoms with Gasteiger partial charge in [-0.15, -0.1) is 0 Å². The Morgan fingerprint density at radius 1 is 0.962 bits per heavy atom. The number of ether oxygens (including phenoxy) is 1. The molecule has 26 heavy (non-hydrogen) atoms. The molecule has 1 saturated heterocycles. The van der Waals surface area contributed by atoms with Crippen LogP contribution in [0.1, 0.15) is 26.3 Å². The van der Waals surface area contributed by atoms with E-state index < -0.39 is 0 Å². The molecule has 3 rings (SSSR count). The average Bonchev–Trinajstić information content (AvgIpc) is 2.67. The summed E-state index contributed by atoms with van der Waals surface area (Å²) in [6, 6.07) is 12.1.